The highest BCUT2D eigenvalue weighted by Gasteiger charge is 2.32. The van der Waals surface area contributed by atoms with Crippen molar-refractivity contribution in [3.8, 4) is 0 Å². The Balaban J connectivity index is 1.77. The van der Waals surface area contributed by atoms with Crippen LogP contribution in [0, 0.1) is 11.7 Å². The fourth-order valence-electron chi connectivity index (χ4n) is 3.44. The number of hydrogen-bond acceptors (Lipinski definition) is 4. The molecule has 2 amide bonds. The van der Waals surface area contributed by atoms with Crippen molar-refractivity contribution >= 4 is 11.8 Å². The Kier molecular flexibility index (Phi) is 6.64. The third kappa shape index (κ3) is 5.41. The van der Waals surface area contributed by atoms with Crippen LogP contribution in [-0.2, 0) is 23.2 Å². The van der Waals surface area contributed by atoms with Gasteiger partial charge in [-0.25, -0.2) is 4.39 Å². The molecule has 1 atom stereocenters. The smallest absolute Gasteiger partial charge is 0.272 e. The van der Waals surface area contributed by atoms with E-state index in [2.05, 4.69) is 5.10 Å². The molecular weight excluding hydrogens is 375 g/mol. The molecule has 0 unspecified atom stereocenters. The number of amides is 2. The molecule has 0 bridgehead atoms. The second-order valence-electron chi connectivity index (χ2n) is 7.78. The van der Waals surface area contributed by atoms with Gasteiger partial charge in [0.2, 0.25) is 5.91 Å². The lowest BCUT2D eigenvalue weighted by Gasteiger charge is -2.26. The van der Waals surface area contributed by atoms with E-state index in [1.54, 1.807) is 36.3 Å². The number of carbonyl (C=O) groups is 2. The van der Waals surface area contributed by atoms with Gasteiger partial charge in [-0.1, -0.05) is 26.0 Å². The second kappa shape index (κ2) is 9.17. The Morgan fingerprint density at radius 2 is 2.10 bits per heavy atom. The first kappa shape index (κ1) is 21.0. The number of ether oxygens (including phenoxy) is 1. The van der Waals surface area contributed by atoms with Crippen molar-refractivity contribution in [1.82, 2.24) is 19.6 Å². The van der Waals surface area contributed by atoms with E-state index in [9.17, 15) is 14.0 Å². The molecule has 0 spiro atoms. The van der Waals surface area contributed by atoms with Crippen LogP contribution in [0.1, 0.15) is 29.9 Å². The molecule has 0 aliphatic carbocycles. The lowest BCUT2D eigenvalue weighted by Crippen LogP contribution is -2.41. The van der Waals surface area contributed by atoms with Gasteiger partial charge in [-0.15, -0.1) is 0 Å². The van der Waals surface area contributed by atoms with E-state index < -0.39 is 0 Å². The molecule has 8 heteroatoms. The molecule has 29 heavy (non-hydrogen) atoms. The quantitative estimate of drug-likeness (QED) is 0.742. The highest BCUT2D eigenvalue weighted by atomic mass is 19.1. The average Bonchev–Trinajstić information content (AvgIpc) is 3.02. The molecule has 1 saturated heterocycles. The third-order valence-electron chi connectivity index (χ3n) is 4.81. The molecule has 1 aromatic carbocycles. The molecule has 1 aliphatic rings. The number of aromatic nitrogens is 2. The van der Waals surface area contributed by atoms with Gasteiger partial charge < -0.3 is 14.5 Å². The molecule has 0 saturated carbocycles. The normalized spacial score (nSPS) is 17.7. The maximum absolute atomic E-state index is 13.4. The number of hydrogen-bond donors (Lipinski definition) is 0. The lowest BCUT2D eigenvalue weighted by molar-refractivity contribution is -0.132. The zero-order valence-electron chi connectivity index (χ0n) is 17.0. The molecule has 1 fully saturated rings. The number of carbonyl (C=O) groups excluding carboxylic acids is 2. The molecule has 0 N–H and O–H groups in total. The van der Waals surface area contributed by atoms with Crippen LogP contribution in [0.5, 0.6) is 0 Å². The number of rotatable bonds is 6. The Morgan fingerprint density at radius 1 is 1.31 bits per heavy atom. The Morgan fingerprint density at radius 3 is 2.76 bits per heavy atom. The molecule has 3 rings (SSSR count). The molecule has 0 radical (unpaired) electrons. The fraction of sp³-hybridized carbons (Fsp3) is 0.476. The van der Waals surface area contributed by atoms with Crippen LogP contribution in [-0.4, -0.2) is 63.7 Å². The molecule has 2 heterocycles. The van der Waals surface area contributed by atoms with Crippen molar-refractivity contribution in [3.63, 3.8) is 0 Å². The van der Waals surface area contributed by atoms with Gasteiger partial charge in [0.1, 0.15) is 18.1 Å². The molecule has 1 aromatic heterocycles. The van der Waals surface area contributed by atoms with Crippen LogP contribution in [0.2, 0.25) is 0 Å². The van der Waals surface area contributed by atoms with Gasteiger partial charge in [0.15, 0.2) is 0 Å². The largest absolute Gasteiger partial charge is 0.370 e. The summed E-state index contributed by atoms with van der Waals surface area (Å²) in [6.07, 6.45) is 1.18. The minimum atomic E-state index is -0.374. The number of aryl methyl sites for hydroxylation is 1. The SMILES string of the molecule is CC(C)CN1C[C@H](OCc2cccc(F)c2)CN(C(=O)c2ccnn2C)CC1=O. The Hall–Kier alpha value is -2.74. The van der Waals surface area contributed by atoms with Crippen molar-refractivity contribution < 1.29 is 18.7 Å². The van der Waals surface area contributed by atoms with Crippen LogP contribution in [0.3, 0.4) is 0 Å². The van der Waals surface area contributed by atoms with E-state index in [0.29, 0.717) is 30.3 Å². The van der Waals surface area contributed by atoms with Gasteiger partial charge in [0, 0.05) is 32.9 Å². The zero-order valence-corrected chi connectivity index (χ0v) is 17.0. The highest BCUT2D eigenvalue weighted by Crippen LogP contribution is 2.15. The predicted octanol–water partition coefficient (Wildman–Crippen LogP) is 2.08. The van der Waals surface area contributed by atoms with E-state index in [4.69, 9.17) is 4.74 Å². The first-order valence-corrected chi connectivity index (χ1v) is 9.74. The van der Waals surface area contributed by atoms with Crippen molar-refractivity contribution in [3.05, 3.63) is 53.6 Å². The first-order valence-electron chi connectivity index (χ1n) is 9.74. The second-order valence-corrected chi connectivity index (χ2v) is 7.78. The van der Waals surface area contributed by atoms with Gasteiger partial charge in [-0.2, -0.15) is 5.10 Å². The maximum Gasteiger partial charge on any atom is 0.272 e. The summed E-state index contributed by atoms with van der Waals surface area (Å²) < 4.78 is 21.0. The van der Waals surface area contributed by atoms with E-state index in [-0.39, 0.29) is 43.4 Å². The van der Waals surface area contributed by atoms with Crippen LogP contribution >= 0.6 is 0 Å². The third-order valence-corrected chi connectivity index (χ3v) is 4.81. The Labute approximate surface area is 170 Å². The maximum atomic E-state index is 13.4. The van der Waals surface area contributed by atoms with E-state index in [0.717, 1.165) is 0 Å². The Bertz CT molecular complexity index is 867. The predicted molar refractivity (Wildman–Crippen MR) is 106 cm³/mol. The van der Waals surface area contributed by atoms with Gasteiger partial charge >= 0.3 is 0 Å². The lowest BCUT2D eigenvalue weighted by atomic mass is 10.2. The average molecular weight is 402 g/mol. The summed E-state index contributed by atoms with van der Waals surface area (Å²) in [6.45, 7) is 5.54. The van der Waals surface area contributed by atoms with E-state index >= 15 is 0 Å². The zero-order chi connectivity index (χ0) is 21.0. The van der Waals surface area contributed by atoms with Crippen LogP contribution in [0.15, 0.2) is 36.5 Å². The fourth-order valence-corrected chi connectivity index (χ4v) is 3.44. The van der Waals surface area contributed by atoms with Crippen molar-refractivity contribution in [2.24, 2.45) is 13.0 Å². The summed E-state index contributed by atoms with van der Waals surface area (Å²) in [7, 11) is 1.69. The number of benzene rings is 1. The van der Waals surface area contributed by atoms with Crippen LogP contribution in [0.25, 0.3) is 0 Å². The highest BCUT2D eigenvalue weighted by molar-refractivity contribution is 5.95. The van der Waals surface area contributed by atoms with Gasteiger partial charge in [-0.05, 0) is 29.7 Å². The number of nitrogens with zero attached hydrogens (tertiary/aromatic N) is 4. The topological polar surface area (TPSA) is 67.7 Å². The molecule has 2 aromatic rings. The van der Waals surface area contributed by atoms with Gasteiger partial charge in [0.05, 0.1) is 12.7 Å². The van der Waals surface area contributed by atoms with Crippen LogP contribution < -0.4 is 0 Å². The summed E-state index contributed by atoms with van der Waals surface area (Å²) in [5.41, 5.74) is 1.12. The molecule has 7 nitrogen and oxygen atoms in total. The summed E-state index contributed by atoms with van der Waals surface area (Å²) in [5, 5.41) is 4.04. The monoisotopic (exact) mass is 402 g/mol. The standard InChI is InChI=1S/C21H27FN4O3/c1-15(2)10-25-11-18(29-14-16-5-4-6-17(22)9-16)12-26(13-20(25)27)21(28)19-7-8-23-24(19)3/h4-9,15,18H,10-14H2,1-3H3/t18-/m0/s1. The summed E-state index contributed by atoms with van der Waals surface area (Å²) in [5.74, 6) is -0.395. The minimum Gasteiger partial charge on any atom is -0.370 e. The van der Waals surface area contributed by atoms with Crippen molar-refractivity contribution in [1.29, 1.82) is 0 Å². The number of halogens is 1. The molecular formula is C21H27FN4O3. The van der Waals surface area contributed by atoms with Crippen molar-refractivity contribution in [2.75, 3.05) is 26.2 Å². The molecule has 1 aliphatic heterocycles. The van der Waals surface area contributed by atoms with E-state index in [1.807, 2.05) is 13.8 Å². The van der Waals surface area contributed by atoms with Gasteiger partial charge in [0.25, 0.3) is 5.91 Å². The summed E-state index contributed by atoms with van der Waals surface area (Å²) >= 11 is 0. The van der Waals surface area contributed by atoms with E-state index in [1.165, 1.54) is 21.7 Å². The minimum absolute atomic E-state index is 0.00341. The molecule has 156 valence electrons. The summed E-state index contributed by atoms with van der Waals surface area (Å²) in [4.78, 5) is 29.0. The van der Waals surface area contributed by atoms with Gasteiger partial charge in [-0.3, -0.25) is 14.3 Å². The summed E-state index contributed by atoms with van der Waals surface area (Å²) in [6, 6.07) is 7.86. The van der Waals surface area contributed by atoms with Crippen LogP contribution in [0.4, 0.5) is 4.39 Å². The van der Waals surface area contributed by atoms with Crippen molar-refractivity contribution in [2.45, 2.75) is 26.6 Å². The first-order chi connectivity index (χ1) is 13.8.